The molecular weight excluding hydrogens is 300 g/mol. The van der Waals surface area contributed by atoms with Crippen molar-refractivity contribution in [1.29, 1.82) is 0 Å². The largest absolute Gasteiger partial charge is 0.385 e. The van der Waals surface area contributed by atoms with Crippen LogP contribution in [0.1, 0.15) is 26.5 Å². The molecule has 0 aliphatic heterocycles. The molecule has 0 spiro atoms. The number of carbonyl (C=O) groups is 2. The van der Waals surface area contributed by atoms with Crippen LogP contribution < -0.4 is 10.6 Å². The van der Waals surface area contributed by atoms with Crippen LogP contribution in [0, 0.1) is 0 Å². The molecule has 22 heavy (non-hydrogen) atoms. The summed E-state index contributed by atoms with van der Waals surface area (Å²) in [7, 11) is 1.63. The molecule has 5 nitrogen and oxygen atoms in total. The standard InChI is InChI=1S/C16H18N2O3S/c1-21-9-4-8-17-15(19)12-5-2-6-13(11-12)18-16(20)14-7-3-10-22-14/h2-3,5-7,10-11H,4,8-9H2,1H3,(H,17,19)(H,18,20). The maximum atomic E-state index is 12.0. The lowest BCUT2D eigenvalue weighted by atomic mass is 10.2. The minimum absolute atomic E-state index is 0.164. The van der Waals surface area contributed by atoms with E-state index in [0.29, 0.717) is 29.3 Å². The Morgan fingerprint density at radius 2 is 2.05 bits per heavy atom. The van der Waals surface area contributed by atoms with E-state index >= 15 is 0 Å². The summed E-state index contributed by atoms with van der Waals surface area (Å²) in [4.78, 5) is 24.6. The Kier molecular flexibility index (Phi) is 6.12. The molecule has 0 fully saturated rings. The SMILES string of the molecule is COCCCNC(=O)c1cccc(NC(=O)c2cccs2)c1. The van der Waals surface area contributed by atoms with Gasteiger partial charge in [-0.15, -0.1) is 11.3 Å². The number of nitrogens with one attached hydrogen (secondary N) is 2. The maximum absolute atomic E-state index is 12.0. The van der Waals surface area contributed by atoms with Gasteiger partial charge in [-0.3, -0.25) is 9.59 Å². The lowest BCUT2D eigenvalue weighted by Gasteiger charge is -2.08. The Bertz CT molecular complexity index is 626. The van der Waals surface area contributed by atoms with Crippen LogP contribution in [-0.4, -0.2) is 32.1 Å². The predicted octanol–water partition coefficient (Wildman–Crippen LogP) is 2.77. The lowest BCUT2D eigenvalue weighted by Crippen LogP contribution is -2.25. The number of hydrogen-bond donors (Lipinski definition) is 2. The van der Waals surface area contributed by atoms with Gasteiger partial charge in [0.1, 0.15) is 0 Å². The number of ether oxygens (including phenoxy) is 1. The zero-order chi connectivity index (χ0) is 15.8. The first kappa shape index (κ1) is 16.2. The number of thiophene rings is 1. The van der Waals surface area contributed by atoms with Crippen molar-refractivity contribution in [2.24, 2.45) is 0 Å². The van der Waals surface area contributed by atoms with Crippen LogP contribution in [-0.2, 0) is 4.74 Å². The second-order valence-electron chi connectivity index (χ2n) is 4.61. The second kappa shape index (κ2) is 8.31. The van der Waals surface area contributed by atoms with Crippen molar-refractivity contribution in [3.8, 4) is 0 Å². The molecule has 0 saturated heterocycles. The maximum Gasteiger partial charge on any atom is 0.265 e. The van der Waals surface area contributed by atoms with Gasteiger partial charge in [0, 0.05) is 31.5 Å². The number of rotatable bonds is 7. The van der Waals surface area contributed by atoms with Gasteiger partial charge in [-0.05, 0) is 36.1 Å². The minimum Gasteiger partial charge on any atom is -0.385 e. The number of anilines is 1. The summed E-state index contributed by atoms with van der Waals surface area (Å²) < 4.78 is 4.93. The van der Waals surface area contributed by atoms with Gasteiger partial charge < -0.3 is 15.4 Å². The van der Waals surface area contributed by atoms with Crippen LogP contribution in [0.4, 0.5) is 5.69 Å². The molecule has 116 valence electrons. The predicted molar refractivity (Wildman–Crippen MR) is 87.5 cm³/mol. The first-order valence-corrected chi connectivity index (χ1v) is 7.80. The van der Waals surface area contributed by atoms with Crippen molar-refractivity contribution in [2.75, 3.05) is 25.6 Å². The summed E-state index contributed by atoms with van der Waals surface area (Å²) in [5.41, 5.74) is 1.12. The number of amides is 2. The van der Waals surface area contributed by atoms with Crippen LogP contribution in [0.2, 0.25) is 0 Å². The molecule has 0 aliphatic rings. The van der Waals surface area contributed by atoms with E-state index in [1.54, 1.807) is 37.4 Å². The highest BCUT2D eigenvalue weighted by Gasteiger charge is 2.09. The van der Waals surface area contributed by atoms with Gasteiger partial charge in [0.15, 0.2) is 0 Å². The molecule has 2 N–H and O–H groups in total. The molecule has 0 unspecified atom stereocenters. The van der Waals surface area contributed by atoms with Crippen molar-refractivity contribution in [2.45, 2.75) is 6.42 Å². The molecule has 2 amide bonds. The third-order valence-electron chi connectivity index (χ3n) is 2.94. The van der Waals surface area contributed by atoms with Crippen molar-refractivity contribution in [3.63, 3.8) is 0 Å². The van der Waals surface area contributed by atoms with Crippen LogP contribution in [0.5, 0.6) is 0 Å². The van der Waals surface area contributed by atoms with E-state index in [9.17, 15) is 9.59 Å². The summed E-state index contributed by atoms with van der Waals surface area (Å²) in [6, 6.07) is 10.5. The fraction of sp³-hybridized carbons (Fsp3) is 0.250. The molecule has 0 aliphatic carbocycles. The third kappa shape index (κ3) is 4.68. The highest BCUT2D eigenvalue weighted by atomic mass is 32.1. The summed E-state index contributed by atoms with van der Waals surface area (Å²) in [5.74, 6) is -0.337. The summed E-state index contributed by atoms with van der Waals surface area (Å²) in [6.45, 7) is 1.16. The normalized spacial score (nSPS) is 10.2. The van der Waals surface area contributed by atoms with E-state index in [4.69, 9.17) is 4.74 Å². The molecular formula is C16H18N2O3S. The Balaban J connectivity index is 1.94. The van der Waals surface area contributed by atoms with Gasteiger partial charge in [-0.2, -0.15) is 0 Å². The topological polar surface area (TPSA) is 67.4 Å². The average molecular weight is 318 g/mol. The molecule has 0 atom stereocenters. The number of benzene rings is 1. The number of carbonyl (C=O) groups excluding carboxylic acids is 2. The summed E-state index contributed by atoms with van der Waals surface area (Å²) in [6.07, 6.45) is 0.761. The Morgan fingerprint density at radius 1 is 1.18 bits per heavy atom. The molecule has 2 rings (SSSR count). The van der Waals surface area contributed by atoms with Gasteiger partial charge in [0.2, 0.25) is 0 Å². The molecule has 1 heterocycles. The minimum atomic E-state index is -0.173. The average Bonchev–Trinajstić information content (AvgIpc) is 3.06. The molecule has 1 aromatic carbocycles. The Hall–Kier alpha value is -2.18. The fourth-order valence-electron chi connectivity index (χ4n) is 1.86. The van der Waals surface area contributed by atoms with E-state index in [1.165, 1.54) is 11.3 Å². The molecule has 0 saturated carbocycles. The van der Waals surface area contributed by atoms with Crippen LogP contribution in [0.15, 0.2) is 41.8 Å². The van der Waals surface area contributed by atoms with E-state index in [1.807, 2.05) is 11.4 Å². The molecule has 6 heteroatoms. The quantitative estimate of drug-likeness (QED) is 0.771. The molecule has 0 bridgehead atoms. The van der Waals surface area contributed by atoms with E-state index in [2.05, 4.69) is 10.6 Å². The molecule has 2 aromatic rings. The van der Waals surface area contributed by atoms with Gasteiger partial charge in [-0.25, -0.2) is 0 Å². The Morgan fingerprint density at radius 3 is 2.77 bits per heavy atom. The molecule has 1 aromatic heterocycles. The summed E-state index contributed by atoms with van der Waals surface area (Å²) >= 11 is 1.37. The first-order chi connectivity index (χ1) is 10.7. The highest BCUT2D eigenvalue weighted by Crippen LogP contribution is 2.14. The molecule has 0 radical (unpaired) electrons. The summed E-state index contributed by atoms with van der Waals surface area (Å²) in [5, 5.41) is 7.45. The fourth-order valence-corrected chi connectivity index (χ4v) is 2.48. The van der Waals surface area contributed by atoms with Crippen LogP contribution in [0.25, 0.3) is 0 Å². The van der Waals surface area contributed by atoms with Crippen molar-refractivity contribution in [3.05, 3.63) is 52.2 Å². The highest BCUT2D eigenvalue weighted by molar-refractivity contribution is 7.12. The first-order valence-electron chi connectivity index (χ1n) is 6.93. The number of methoxy groups -OCH3 is 1. The van der Waals surface area contributed by atoms with E-state index in [-0.39, 0.29) is 11.8 Å². The second-order valence-corrected chi connectivity index (χ2v) is 5.56. The lowest BCUT2D eigenvalue weighted by molar-refractivity contribution is 0.0947. The monoisotopic (exact) mass is 318 g/mol. The Labute approximate surface area is 133 Å². The third-order valence-corrected chi connectivity index (χ3v) is 3.81. The zero-order valence-corrected chi connectivity index (χ0v) is 13.1. The van der Waals surface area contributed by atoms with Gasteiger partial charge in [0.25, 0.3) is 11.8 Å². The zero-order valence-electron chi connectivity index (χ0n) is 12.3. The van der Waals surface area contributed by atoms with Crippen LogP contribution in [0.3, 0.4) is 0 Å². The van der Waals surface area contributed by atoms with Gasteiger partial charge in [-0.1, -0.05) is 12.1 Å². The van der Waals surface area contributed by atoms with Gasteiger partial charge >= 0.3 is 0 Å². The van der Waals surface area contributed by atoms with E-state index < -0.39 is 0 Å². The smallest absolute Gasteiger partial charge is 0.265 e. The van der Waals surface area contributed by atoms with Gasteiger partial charge in [0.05, 0.1) is 4.88 Å². The van der Waals surface area contributed by atoms with Crippen molar-refractivity contribution >= 4 is 28.8 Å². The van der Waals surface area contributed by atoms with E-state index in [0.717, 1.165) is 6.42 Å². The number of hydrogen-bond acceptors (Lipinski definition) is 4. The van der Waals surface area contributed by atoms with Crippen LogP contribution >= 0.6 is 11.3 Å². The van der Waals surface area contributed by atoms with Crippen molar-refractivity contribution in [1.82, 2.24) is 5.32 Å². The van der Waals surface area contributed by atoms with Crippen molar-refractivity contribution < 1.29 is 14.3 Å².